The number of nitrogens with zero attached hydrogens (tertiary/aromatic N) is 1. The molecule has 0 aliphatic carbocycles. The molecule has 0 spiro atoms. The molecule has 1 aliphatic heterocycles. The average Bonchev–Trinajstić information content (AvgIpc) is 2.36. The van der Waals surface area contributed by atoms with Gasteiger partial charge in [0.05, 0.1) is 16.1 Å². The van der Waals surface area contributed by atoms with E-state index in [0.717, 1.165) is 38.0 Å². The summed E-state index contributed by atoms with van der Waals surface area (Å²) < 4.78 is 0. The van der Waals surface area contributed by atoms with Crippen molar-refractivity contribution in [2.45, 2.75) is 32.4 Å². The minimum absolute atomic E-state index is 0.193. The summed E-state index contributed by atoms with van der Waals surface area (Å²) in [4.78, 5) is 2.37. The second kappa shape index (κ2) is 6.25. The monoisotopic (exact) mass is 287 g/mol. The van der Waals surface area contributed by atoms with Crippen LogP contribution in [-0.2, 0) is 6.54 Å². The van der Waals surface area contributed by atoms with Gasteiger partial charge in [-0.05, 0) is 50.4 Å². The number of hydrogen-bond donors (Lipinski definition) is 1. The number of aliphatic hydroxyl groups excluding tert-OH is 1. The molecule has 1 saturated heterocycles. The van der Waals surface area contributed by atoms with Crippen LogP contribution in [0.25, 0.3) is 0 Å². The highest BCUT2D eigenvalue weighted by atomic mass is 35.5. The molecule has 1 N–H and O–H groups in total. The van der Waals surface area contributed by atoms with Crippen molar-refractivity contribution in [1.29, 1.82) is 0 Å². The number of likely N-dealkylation sites (tertiary alicyclic amines) is 1. The highest BCUT2D eigenvalue weighted by molar-refractivity contribution is 6.42. The molecule has 1 unspecified atom stereocenters. The van der Waals surface area contributed by atoms with Crippen molar-refractivity contribution in [2.75, 3.05) is 13.1 Å². The summed E-state index contributed by atoms with van der Waals surface area (Å²) >= 11 is 12.2. The molecule has 0 bridgehead atoms. The summed E-state index contributed by atoms with van der Waals surface area (Å²) in [7, 11) is 0. The largest absolute Gasteiger partial charge is 0.393 e. The molecule has 1 fully saturated rings. The van der Waals surface area contributed by atoms with Crippen LogP contribution in [-0.4, -0.2) is 29.2 Å². The lowest BCUT2D eigenvalue weighted by Gasteiger charge is -2.33. The van der Waals surface area contributed by atoms with Gasteiger partial charge in [0.1, 0.15) is 0 Å². The molecule has 2 nitrogen and oxygen atoms in total. The Morgan fingerprint density at radius 3 is 2.61 bits per heavy atom. The van der Waals surface area contributed by atoms with E-state index in [-0.39, 0.29) is 6.10 Å². The topological polar surface area (TPSA) is 23.5 Å². The quantitative estimate of drug-likeness (QED) is 0.919. The standard InChI is InChI=1S/C14H19Cl2NO/c1-10(18)11-5-7-17(8-6-11)9-12-3-2-4-13(15)14(12)16/h2-4,10-11,18H,5-9H2,1H3. The van der Waals surface area contributed by atoms with Gasteiger partial charge in [0.25, 0.3) is 0 Å². The maximum atomic E-state index is 9.58. The summed E-state index contributed by atoms with van der Waals surface area (Å²) in [5, 5.41) is 10.9. The van der Waals surface area contributed by atoms with Gasteiger partial charge in [0.2, 0.25) is 0 Å². The predicted molar refractivity (Wildman–Crippen MR) is 76.1 cm³/mol. The smallest absolute Gasteiger partial charge is 0.0637 e. The van der Waals surface area contributed by atoms with Gasteiger partial charge in [-0.2, -0.15) is 0 Å². The first-order valence-electron chi connectivity index (χ1n) is 6.41. The minimum Gasteiger partial charge on any atom is -0.393 e. The Balaban J connectivity index is 1.94. The van der Waals surface area contributed by atoms with Crippen LogP contribution in [0.15, 0.2) is 18.2 Å². The van der Waals surface area contributed by atoms with E-state index >= 15 is 0 Å². The van der Waals surface area contributed by atoms with Crippen molar-refractivity contribution >= 4 is 23.2 Å². The third kappa shape index (κ3) is 3.39. The fourth-order valence-corrected chi connectivity index (χ4v) is 2.88. The van der Waals surface area contributed by atoms with Crippen molar-refractivity contribution in [2.24, 2.45) is 5.92 Å². The Kier molecular flexibility index (Phi) is 4.91. The number of piperidine rings is 1. The molecule has 4 heteroatoms. The Bertz CT molecular complexity index is 401. The van der Waals surface area contributed by atoms with Gasteiger partial charge in [-0.15, -0.1) is 0 Å². The van der Waals surface area contributed by atoms with Crippen LogP contribution < -0.4 is 0 Å². The lowest BCUT2D eigenvalue weighted by molar-refractivity contribution is 0.0695. The van der Waals surface area contributed by atoms with Crippen LogP contribution in [0.3, 0.4) is 0 Å². The summed E-state index contributed by atoms with van der Waals surface area (Å²) in [6.45, 7) is 4.75. The maximum Gasteiger partial charge on any atom is 0.0637 e. The third-order valence-electron chi connectivity index (χ3n) is 3.74. The summed E-state index contributed by atoms with van der Waals surface area (Å²) in [5.74, 6) is 0.441. The van der Waals surface area contributed by atoms with Gasteiger partial charge in [-0.25, -0.2) is 0 Å². The van der Waals surface area contributed by atoms with E-state index in [0.29, 0.717) is 16.0 Å². The lowest BCUT2D eigenvalue weighted by Crippen LogP contribution is -2.36. The van der Waals surface area contributed by atoms with Crippen molar-refractivity contribution < 1.29 is 5.11 Å². The SMILES string of the molecule is CC(O)C1CCN(Cc2cccc(Cl)c2Cl)CC1. The molecular weight excluding hydrogens is 269 g/mol. The van der Waals surface area contributed by atoms with E-state index in [2.05, 4.69) is 4.90 Å². The van der Waals surface area contributed by atoms with Crippen LogP contribution in [0.1, 0.15) is 25.3 Å². The zero-order valence-corrected chi connectivity index (χ0v) is 12.1. The van der Waals surface area contributed by atoms with Crippen molar-refractivity contribution in [3.8, 4) is 0 Å². The zero-order valence-electron chi connectivity index (χ0n) is 10.6. The van der Waals surface area contributed by atoms with Crippen LogP contribution in [0.5, 0.6) is 0 Å². The molecule has 0 aromatic heterocycles. The van der Waals surface area contributed by atoms with E-state index in [4.69, 9.17) is 23.2 Å². The van der Waals surface area contributed by atoms with E-state index < -0.39 is 0 Å². The molecule has 1 atom stereocenters. The number of halogens is 2. The Labute approximate surface area is 119 Å². The van der Waals surface area contributed by atoms with Gasteiger partial charge >= 0.3 is 0 Å². The molecule has 2 rings (SSSR count). The molecule has 1 aliphatic rings. The molecule has 1 aromatic rings. The zero-order chi connectivity index (χ0) is 13.1. The van der Waals surface area contributed by atoms with Crippen LogP contribution in [0.2, 0.25) is 10.0 Å². The van der Waals surface area contributed by atoms with Gasteiger partial charge in [-0.1, -0.05) is 35.3 Å². The van der Waals surface area contributed by atoms with Gasteiger partial charge in [0.15, 0.2) is 0 Å². The lowest BCUT2D eigenvalue weighted by atomic mass is 9.92. The van der Waals surface area contributed by atoms with Gasteiger partial charge in [-0.3, -0.25) is 4.90 Å². The molecule has 1 aromatic carbocycles. The predicted octanol–water partition coefficient (Wildman–Crippen LogP) is 3.59. The van der Waals surface area contributed by atoms with Crippen LogP contribution in [0, 0.1) is 5.92 Å². The molecule has 0 saturated carbocycles. The van der Waals surface area contributed by atoms with E-state index in [1.807, 2.05) is 25.1 Å². The minimum atomic E-state index is -0.193. The summed E-state index contributed by atoms with van der Waals surface area (Å²) in [5.41, 5.74) is 1.08. The number of rotatable bonds is 3. The van der Waals surface area contributed by atoms with Crippen LogP contribution >= 0.6 is 23.2 Å². The highest BCUT2D eigenvalue weighted by Gasteiger charge is 2.23. The average molecular weight is 288 g/mol. The number of benzene rings is 1. The molecular formula is C14H19Cl2NO. The fraction of sp³-hybridized carbons (Fsp3) is 0.571. The first-order chi connectivity index (χ1) is 8.58. The highest BCUT2D eigenvalue weighted by Crippen LogP contribution is 2.28. The van der Waals surface area contributed by atoms with Gasteiger partial charge in [0, 0.05) is 6.54 Å². The second-order valence-electron chi connectivity index (χ2n) is 5.07. The van der Waals surface area contributed by atoms with Crippen LogP contribution in [0.4, 0.5) is 0 Å². The van der Waals surface area contributed by atoms with Crippen molar-refractivity contribution in [3.63, 3.8) is 0 Å². The normalized spacial score (nSPS) is 20.0. The Hall–Kier alpha value is -0.280. The molecule has 1 heterocycles. The number of hydrogen-bond acceptors (Lipinski definition) is 2. The fourth-order valence-electron chi connectivity index (χ4n) is 2.50. The molecule has 100 valence electrons. The molecule has 0 amide bonds. The molecule has 0 radical (unpaired) electrons. The maximum absolute atomic E-state index is 9.58. The van der Waals surface area contributed by atoms with E-state index in [9.17, 15) is 5.11 Å². The Morgan fingerprint density at radius 1 is 1.33 bits per heavy atom. The van der Waals surface area contributed by atoms with E-state index in [1.165, 1.54) is 0 Å². The number of aliphatic hydroxyl groups is 1. The van der Waals surface area contributed by atoms with Crippen molar-refractivity contribution in [3.05, 3.63) is 33.8 Å². The van der Waals surface area contributed by atoms with Gasteiger partial charge < -0.3 is 5.11 Å². The second-order valence-corrected chi connectivity index (χ2v) is 5.85. The summed E-state index contributed by atoms with van der Waals surface area (Å²) in [6, 6.07) is 5.77. The first kappa shape index (κ1) is 14.1. The Morgan fingerprint density at radius 2 is 2.00 bits per heavy atom. The molecule has 18 heavy (non-hydrogen) atoms. The van der Waals surface area contributed by atoms with Crippen molar-refractivity contribution in [1.82, 2.24) is 4.90 Å². The van der Waals surface area contributed by atoms with E-state index in [1.54, 1.807) is 0 Å². The summed E-state index contributed by atoms with van der Waals surface area (Å²) in [6.07, 6.45) is 1.91. The first-order valence-corrected chi connectivity index (χ1v) is 7.17. The third-order valence-corrected chi connectivity index (χ3v) is 4.60.